The number of halogens is 1. The molecule has 0 bridgehead atoms. The summed E-state index contributed by atoms with van der Waals surface area (Å²) in [6, 6.07) is 3.24. The molecule has 0 amide bonds. The van der Waals surface area contributed by atoms with Gasteiger partial charge in [0.1, 0.15) is 9.71 Å². The van der Waals surface area contributed by atoms with Crippen LogP contribution in [0.3, 0.4) is 0 Å². The van der Waals surface area contributed by atoms with Crippen molar-refractivity contribution in [1.82, 2.24) is 9.55 Å². The standard InChI is InChI=1S/C16H14ClN3O4S2/c17-9-4-3-8(25-9)12(21)13-11(18)10-14(22)19-16(23)20(15(10)26-13)6-7-2-1-5-24-7/h3-4,7H,1-2,5-6,18H2,(H,19,22,23). The normalized spacial score (nSPS) is 17.2. The van der Waals surface area contributed by atoms with E-state index in [1.807, 2.05) is 0 Å². The van der Waals surface area contributed by atoms with Gasteiger partial charge in [0.05, 0.1) is 32.9 Å². The largest absolute Gasteiger partial charge is 0.397 e. The lowest BCUT2D eigenvalue weighted by Crippen LogP contribution is -2.33. The molecular formula is C16H14ClN3O4S2. The Labute approximate surface area is 160 Å². The molecule has 4 rings (SSSR count). The van der Waals surface area contributed by atoms with Crippen molar-refractivity contribution in [3.8, 4) is 0 Å². The van der Waals surface area contributed by atoms with Gasteiger partial charge in [-0.15, -0.1) is 22.7 Å². The van der Waals surface area contributed by atoms with Crippen molar-refractivity contribution in [3.63, 3.8) is 0 Å². The summed E-state index contributed by atoms with van der Waals surface area (Å²) in [5.74, 6) is -0.309. The van der Waals surface area contributed by atoms with Crippen LogP contribution in [0.15, 0.2) is 21.7 Å². The molecule has 0 spiro atoms. The molecule has 1 atom stereocenters. The molecule has 10 heteroatoms. The molecule has 0 aliphatic carbocycles. The molecule has 3 aromatic heterocycles. The molecule has 0 saturated carbocycles. The van der Waals surface area contributed by atoms with E-state index >= 15 is 0 Å². The maximum absolute atomic E-state index is 12.8. The van der Waals surface area contributed by atoms with E-state index in [4.69, 9.17) is 22.1 Å². The van der Waals surface area contributed by atoms with Gasteiger partial charge in [0.15, 0.2) is 0 Å². The number of carbonyl (C=O) groups is 1. The Balaban J connectivity index is 1.87. The van der Waals surface area contributed by atoms with E-state index in [0.717, 1.165) is 35.5 Å². The number of ether oxygens (including phenoxy) is 1. The first-order chi connectivity index (χ1) is 12.5. The number of fused-ring (bicyclic) bond motifs is 1. The minimum absolute atomic E-state index is 0.0851. The van der Waals surface area contributed by atoms with Gasteiger partial charge in [0.25, 0.3) is 5.56 Å². The molecule has 0 radical (unpaired) electrons. The summed E-state index contributed by atoms with van der Waals surface area (Å²) in [5.41, 5.74) is 5.07. The monoisotopic (exact) mass is 411 g/mol. The number of H-pyrrole nitrogens is 1. The van der Waals surface area contributed by atoms with Crippen LogP contribution in [0.4, 0.5) is 5.69 Å². The van der Waals surface area contributed by atoms with Crippen molar-refractivity contribution in [2.45, 2.75) is 25.5 Å². The van der Waals surface area contributed by atoms with E-state index in [0.29, 0.717) is 27.2 Å². The van der Waals surface area contributed by atoms with Crippen molar-refractivity contribution in [2.24, 2.45) is 0 Å². The lowest BCUT2D eigenvalue weighted by molar-refractivity contribution is 0.0970. The number of nitrogens with zero attached hydrogens (tertiary/aromatic N) is 1. The molecule has 1 aliphatic rings. The smallest absolute Gasteiger partial charge is 0.329 e. The van der Waals surface area contributed by atoms with Gasteiger partial charge >= 0.3 is 5.69 Å². The molecule has 1 saturated heterocycles. The molecule has 136 valence electrons. The van der Waals surface area contributed by atoms with Crippen molar-refractivity contribution < 1.29 is 9.53 Å². The number of ketones is 1. The Morgan fingerprint density at radius 1 is 1.38 bits per heavy atom. The number of hydrogen-bond acceptors (Lipinski definition) is 7. The Bertz CT molecular complexity index is 1120. The zero-order valence-corrected chi connectivity index (χ0v) is 15.8. The number of carbonyl (C=O) groups excluding carboxylic acids is 1. The molecule has 7 nitrogen and oxygen atoms in total. The number of thiophene rings is 2. The fraction of sp³-hybridized carbons (Fsp3) is 0.312. The predicted molar refractivity (Wildman–Crippen MR) is 103 cm³/mol. The van der Waals surface area contributed by atoms with E-state index in [1.54, 1.807) is 12.1 Å². The van der Waals surface area contributed by atoms with Gasteiger partial charge in [-0.3, -0.25) is 19.1 Å². The van der Waals surface area contributed by atoms with Gasteiger partial charge in [0.2, 0.25) is 5.78 Å². The second kappa shape index (κ2) is 6.66. The summed E-state index contributed by atoms with van der Waals surface area (Å²) < 4.78 is 7.51. The Morgan fingerprint density at radius 3 is 2.85 bits per heavy atom. The molecule has 3 N–H and O–H groups in total. The van der Waals surface area contributed by atoms with Gasteiger partial charge in [0, 0.05) is 6.61 Å². The van der Waals surface area contributed by atoms with E-state index in [-0.39, 0.29) is 27.8 Å². The van der Waals surface area contributed by atoms with Crippen LogP contribution in [0.2, 0.25) is 4.34 Å². The first kappa shape index (κ1) is 17.5. The molecule has 1 unspecified atom stereocenters. The second-order valence-electron chi connectivity index (χ2n) is 5.96. The summed E-state index contributed by atoms with van der Waals surface area (Å²) >= 11 is 8.09. The quantitative estimate of drug-likeness (QED) is 0.641. The van der Waals surface area contributed by atoms with E-state index < -0.39 is 11.2 Å². The Hall–Kier alpha value is -1.94. The zero-order chi connectivity index (χ0) is 18.4. The number of nitrogen functional groups attached to an aromatic ring is 1. The molecule has 26 heavy (non-hydrogen) atoms. The highest BCUT2D eigenvalue weighted by Gasteiger charge is 2.25. The summed E-state index contributed by atoms with van der Waals surface area (Å²) in [6.07, 6.45) is 1.68. The predicted octanol–water partition coefficient (Wildman–Crippen LogP) is 2.46. The number of aromatic nitrogens is 2. The number of rotatable bonds is 4. The number of nitrogens with two attached hydrogens (primary N) is 1. The topological polar surface area (TPSA) is 107 Å². The van der Waals surface area contributed by atoms with Crippen LogP contribution in [0, 0.1) is 0 Å². The summed E-state index contributed by atoms with van der Waals surface area (Å²) in [7, 11) is 0. The molecule has 3 aromatic rings. The minimum Gasteiger partial charge on any atom is -0.397 e. The van der Waals surface area contributed by atoms with Crippen LogP contribution in [0.25, 0.3) is 10.2 Å². The fourth-order valence-corrected chi connectivity index (χ4v) is 5.27. The maximum atomic E-state index is 12.8. The van der Waals surface area contributed by atoms with E-state index in [1.165, 1.54) is 4.57 Å². The fourth-order valence-electron chi connectivity index (χ4n) is 3.03. The molecule has 4 heterocycles. The van der Waals surface area contributed by atoms with Gasteiger partial charge in [-0.05, 0) is 25.0 Å². The van der Waals surface area contributed by atoms with Gasteiger partial charge in [-0.25, -0.2) is 4.79 Å². The van der Waals surface area contributed by atoms with Gasteiger partial charge in [-0.1, -0.05) is 11.6 Å². The van der Waals surface area contributed by atoms with E-state index in [9.17, 15) is 14.4 Å². The lowest BCUT2D eigenvalue weighted by Gasteiger charge is -2.12. The van der Waals surface area contributed by atoms with Crippen LogP contribution < -0.4 is 17.0 Å². The van der Waals surface area contributed by atoms with Gasteiger partial charge in [-0.2, -0.15) is 0 Å². The average molecular weight is 412 g/mol. The number of hydrogen-bond donors (Lipinski definition) is 2. The van der Waals surface area contributed by atoms with Crippen molar-refractivity contribution in [3.05, 3.63) is 47.1 Å². The maximum Gasteiger partial charge on any atom is 0.329 e. The zero-order valence-electron chi connectivity index (χ0n) is 13.4. The Morgan fingerprint density at radius 2 is 2.19 bits per heavy atom. The number of nitrogens with one attached hydrogen (secondary N) is 1. The van der Waals surface area contributed by atoms with Crippen LogP contribution in [-0.4, -0.2) is 28.0 Å². The van der Waals surface area contributed by atoms with Crippen molar-refractivity contribution in [2.75, 3.05) is 12.3 Å². The van der Waals surface area contributed by atoms with Crippen molar-refractivity contribution in [1.29, 1.82) is 0 Å². The third kappa shape index (κ3) is 2.90. The average Bonchev–Trinajstić information content (AvgIpc) is 3.31. The SMILES string of the molecule is Nc1c(C(=O)c2ccc(Cl)s2)sc2c1c(=O)[nH]c(=O)n2CC1CCCO1. The van der Waals surface area contributed by atoms with Crippen LogP contribution >= 0.6 is 34.3 Å². The first-order valence-corrected chi connectivity index (χ1v) is 9.93. The first-order valence-electron chi connectivity index (χ1n) is 7.92. The highest BCUT2D eigenvalue weighted by Crippen LogP contribution is 2.34. The van der Waals surface area contributed by atoms with Crippen LogP contribution in [0.1, 0.15) is 27.4 Å². The molecule has 1 aliphatic heterocycles. The van der Waals surface area contributed by atoms with Crippen molar-refractivity contribution >= 4 is 56.0 Å². The lowest BCUT2D eigenvalue weighted by atomic mass is 10.2. The molecule has 0 aromatic carbocycles. The molecular weight excluding hydrogens is 398 g/mol. The van der Waals surface area contributed by atoms with Gasteiger partial charge < -0.3 is 10.5 Å². The van der Waals surface area contributed by atoms with E-state index in [2.05, 4.69) is 4.98 Å². The second-order valence-corrected chi connectivity index (χ2v) is 8.68. The highest BCUT2D eigenvalue weighted by atomic mass is 35.5. The summed E-state index contributed by atoms with van der Waals surface area (Å²) in [6.45, 7) is 0.964. The Kier molecular flexibility index (Phi) is 4.47. The summed E-state index contributed by atoms with van der Waals surface area (Å²) in [4.78, 5) is 40.7. The minimum atomic E-state index is -0.592. The number of anilines is 1. The number of aromatic amines is 1. The highest BCUT2D eigenvalue weighted by molar-refractivity contribution is 7.23. The van der Waals surface area contributed by atoms with Crippen LogP contribution in [-0.2, 0) is 11.3 Å². The third-order valence-corrected chi connectivity index (χ3v) is 6.74. The van der Waals surface area contributed by atoms with Crippen LogP contribution in [0.5, 0.6) is 0 Å². The summed E-state index contributed by atoms with van der Waals surface area (Å²) in [5, 5.41) is 0.165. The third-order valence-electron chi connectivity index (χ3n) is 4.28. The molecule has 1 fully saturated rings.